The van der Waals surface area contributed by atoms with Crippen molar-refractivity contribution in [1.82, 2.24) is 10.6 Å². The van der Waals surface area contributed by atoms with E-state index in [2.05, 4.69) is 33.5 Å². The first-order valence-corrected chi connectivity index (χ1v) is 6.17. The largest absolute Gasteiger partial charge is 0.346 e. The highest BCUT2D eigenvalue weighted by molar-refractivity contribution is 9.10. The fraction of sp³-hybridized carbons (Fsp3) is 0.417. The molecule has 0 spiro atoms. The van der Waals surface area contributed by atoms with Gasteiger partial charge in [-0.25, -0.2) is 0 Å². The molecular weight excluding hydrogens is 268 g/mol. The molecule has 16 heavy (non-hydrogen) atoms. The maximum Gasteiger partial charge on any atom is 0.251 e. The molecule has 1 aromatic carbocycles. The molecule has 0 aliphatic carbocycles. The van der Waals surface area contributed by atoms with E-state index in [9.17, 15) is 4.79 Å². The number of benzene rings is 1. The first kappa shape index (κ1) is 11.6. The van der Waals surface area contributed by atoms with E-state index in [0.717, 1.165) is 24.0 Å². The lowest BCUT2D eigenvalue weighted by Crippen LogP contribution is -2.47. The van der Waals surface area contributed by atoms with E-state index in [-0.39, 0.29) is 11.4 Å². The van der Waals surface area contributed by atoms with Crippen LogP contribution in [0, 0.1) is 0 Å². The Morgan fingerprint density at radius 1 is 1.56 bits per heavy atom. The number of nitrogens with one attached hydrogen (secondary N) is 2. The van der Waals surface area contributed by atoms with Gasteiger partial charge in [-0.2, -0.15) is 0 Å². The van der Waals surface area contributed by atoms with E-state index >= 15 is 0 Å². The fourth-order valence-corrected chi connectivity index (χ4v) is 2.30. The van der Waals surface area contributed by atoms with E-state index in [1.54, 1.807) is 0 Å². The summed E-state index contributed by atoms with van der Waals surface area (Å²) in [5.74, 6) is -0.00694. The number of hydrogen-bond donors (Lipinski definition) is 2. The van der Waals surface area contributed by atoms with Crippen LogP contribution in [0.15, 0.2) is 28.7 Å². The van der Waals surface area contributed by atoms with Crippen molar-refractivity contribution in [2.45, 2.75) is 18.9 Å². The third-order valence-corrected chi connectivity index (χ3v) is 3.36. The zero-order valence-electron chi connectivity index (χ0n) is 9.22. The monoisotopic (exact) mass is 282 g/mol. The summed E-state index contributed by atoms with van der Waals surface area (Å²) in [6.45, 7) is 3.88. The molecule has 1 aromatic rings. The third kappa shape index (κ3) is 2.62. The zero-order chi connectivity index (χ0) is 11.6. The van der Waals surface area contributed by atoms with Crippen molar-refractivity contribution in [3.63, 3.8) is 0 Å². The van der Waals surface area contributed by atoms with Crippen molar-refractivity contribution in [3.05, 3.63) is 34.3 Å². The molecular formula is C12H15BrN2O. The Morgan fingerprint density at radius 3 is 3.00 bits per heavy atom. The summed E-state index contributed by atoms with van der Waals surface area (Å²) in [5, 5.41) is 6.33. The lowest BCUT2D eigenvalue weighted by molar-refractivity contribution is 0.0913. The molecule has 0 saturated carbocycles. The van der Waals surface area contributed by atoms with E-state index in [1.807, 2.05) is 24.3 Å². The molecule has 1 amide bonds. The normalized spacial score (nSPS) is 24.4. The molecule has 1 atom stereocenters. The van der Waals surface area contributed by atoms with E-state index in [4.69, 9.17) is 0 Å². The maximum atomic E-state index is 12.0. The summed E-state index contributed by atoms with van der Waals surface area (Å²) >= 11 is 3.36. The molecule has 0 bridgehead atoms. The Labute approximate surface area is 104 Å². The number of halogens is 1. The molecule has 1 aliphatic heterocycles. The predicted molar refractivity (Wildman–Crippen MR) is 67.5 cm³/mol. The first-order valence-electron chi connectivity index (χ1n) is 5.38. The Kier molecular flexibility index (Phi) is 3.30. The summed E-state index contributed by atoms with van der Waals surface area (Å²) in [6, 6.07) is 7.44. The van der Waals surface area contributed by atoms with E-state index < -0.39 is 0 Å². The van der Waals surface area contributed by atoms with Crippen molar-refractivity contribution >= 4 is 21.8 Å². The maximum absolute atomic E-state index is 12.0. The second kappa shape index (κ2) is 4.55. The molecule has 1 unspecified atom stereocenters. The van der Waals surface area contributed by atoms with Crippen LogP contribution in [0.2, 0.25) is 0 Å². The van der Waals surface area contributed by atoms with Gasteiger partial charge in [0.05, 0.1) is 5.54 Å². The molecule has 1 fully saturated rings. The number of carbonyl (C=O) groups excluding carboxylic acids is 1. The molecule has 1 saturated heterocycles. The summed E-state index contributed by atoms with van der Waals surface area (Å²) < 4.78 is 0.926. The van der Waals surface area contributed by atoms with Crippen LogP contribution < -0.4 is 10.6 Å². The highest BCUT2D eigenvalue weighted by Crippen LogP contribution is 2.16. The van der Waals surface area contributed by atoms with Gasteiger partial charge in [-0.15, -0.1) is 0 Å². The fourth-order valence-electron chi connectivity index (χ4n) is 1.90. The van der Waals surface area contributed by atoms with Gasteiger partial charge in [-0.05, 0) is 38.1 Å². The molecule has 1 heterocycles. The minimum atomic E-state index is -0.112. The first-order chi connectivity index (χ1) is 7.59. The van der Waals surface area contributed by atoms with Gasteiger partial charge in [-0.3, -0.25) is 4.79 Å². The van der Waals surface area contributed by atoms with Gasteiger partial charge in [0.25, 0.3) is 5.91 Å². The van der Waals surface area contributed by atoms with Crippen LogP contribution >= 0.6 is 15.9 Å². The van der Waals surface area contributed by atoms with Crippen molar-refractivity contribution in [1.29, 1.82) is 0 Å². The Bertz CT molecular complexity index is 400. The molecule has 2 N–H and O–H groups in total. The quantitative estimate of drug-likeness (QED) is 0.870. The van der Waals surface area contributed by atoms with Crippen LogP contribution in [0.5, 0.6) is 0 Å². The molecule has 4 heteroatoms. The van der Waals surface area contributed by atoms with Gasteiger partial charge in [-0.1, -0.05) is 22.0 Å². The van der Waals surface area contributed by atoms with E-state index in [1.165, 1.54) is 0 Å². The minimum absolute atomic E-state index is 0.00694. The Balaban J connectivity index is 2.08. The predicted octanol–water partition coefficient (Wildman–Crippen LogP) is 1.93. The smallest absolute Gasteiger partial charge is 0.251 e. The molecule has 0 radical (unpaired) electrons. The molecule has 86 valence electrons. The van der Waals surface area contributed by atoms with Gasteiger partial charge in [0.15, 0.2) is 0 Å². The van der Waals surface area contributed by atoms with Gasteiger partial charge in [0, 0.05) is 16.6 Å². The number of carbonyl (C=O) groups is 1. The van der Waals surface area contributed by atoms with Crippen LogP contribution in [0.4, 0.5) is 0 Å². The average molecular weight is 283 g/mol. The van der Waals surface area contributed by atoms with Gasteiger partial charge >= 0.3 is 0 Å². The van der Waals surface area contributed by atoms with Crippen molar-refractivity contribution in [3.8, 4) is 0 Å². The van der Waals surface area contributed by atoms with Crippen molar-refractivity contribution in [2.24, 2.45) is 0 Å². The molecule has 3 nitrogen and oxygen atoms in total. The lowest BCUT2D eigenvalue weighted by atomic mass is 10.0. The van der Waals surface area contributed by atoms with Gasteiger partial charge < -0.3 is 10.6 Å². The summed E-state index contributed by atoms with van der Waals surface area (Å²) in [4.78, 5) is 12.0. The van der Waals surface area contributed by atoms with E-state index in [0.29, 0.717) is 5.56 Å². The highest BCUT2D eigenvalue weighted by atomic mass is 79.9. The number of rotatable bonds is 2. The number of hydrogen-bond acceptors (Lipinski definition) is 2. The highest BCUT2D eigenvalue weighted by Gasteiger charge is 2.30. The van der Waals surface area contributed by atoms with Crippen LogP contribution in [0.1, 0.15) is 23.7 Å². The zero-order valence-corrected chi connectivity index (χ0v) is 10.8. The second-order valence-electron chi connectivity index (χ2n) is 4.45. The molecule has 2 rings (SSSR count). The van der Waals surface area contributed by atoms with Crippen molar-refractivity contribution < 1.29 is 4.79 Å². The average Bonchev–Trinajstić information content (AvgIpc) is 2.65. The summed E-state index contributed by atoms with van der Waals surface area (Å²) in [6.07, 6.45) is 0.979. The minimum Gasteiger partial charge on any atom is -0.346 e. The summed E-state index contributed by atoms with van der Waals surface area (Å²) in [7, 11) is 0. The molecule has 1 aliphatic rings. The van der Waals surface area contributed by atoms with Gasteiger partial charge in [0.1, 0.15) is 0 Å². The summed E-state index contributed by atoms with van der Waals surface area (Å²) in [5.41, 5.74) is 0.585. The van der Waals surface area contributed by atoms with Crippen LogP contribution in [0.3, 0.4) is 0 Å². The third-order valence-electron chi connectivity index (χ3n) is 2.87. The van der Waals surface area contributed by atoms with Gasteiger partial charge in [0.2, 0.25) is 0 Å². The van der Waals surface area contributed by atoms with Crippen LogP contribution in [-0.4, -0.2) is 24.5 Å². The topological polar surface area (TPSA) is 41.1 Å². The second-order valence-corrected chi connectivity index (χ2v) is 5.37. The molecule has 0 aromatic heterocycles. The Morgan fingerprint density at radius 2 is 2.38 bits per heavy atom. The lowest BCUT2D eigenvalue weighted by Gasteiger charge is -2.24. The van der Waals surface area contributed by atoms with Crippen LogP contribution in [0.25, 0.3) is 0 Å². The number of amides is 1. The standard InChI is InChI=1S/C12H15BrN2O/c1-12(5-6-14-8-12)15-11(16)9-3-2-4-10(13)7-9/h2-4,7,14H,5-6,8H2,1H3,(H,15,16). The SMILES string of the molecule is CC1(NC(=O)c2cccc(Br)c2)CCNC1. The van der Waals surface area contributed by atoms with Crippen LogP contribution in [-0.2, 0) is 0 Å². The Hall–Kier alpha value is -0.870. The van der Waals surface area contributed by atoms with Crippen molar-refractivity contribution in [2.75, 3.05) is 13.1 Å².